The molecule has 0 aromatic heterocycles. The molecule has 3 rings (SSSR count). The topological polar surface area (TPSA) is 134 Å². The van der Waals surface area contributed by atoms with Crippen molar-refractivity contribution in [1.82, 2.24) is 20.9 Å². The molecular formula is C32H50N4O6. The maximum absolute atomic E-state index is 14.2. The summed E-state index contributed by atoms with van der Waals surface area (Å²) < 4.78 is 5.49. The molecule has 0 unspecified atom stereocenters. The number of hydrogen-bond acceptors (Lipinski definition) is 6. The van der Waals surface area contributed by atoms with Gasteiger partial charge in [-0.15, -0.1) is 13.2 Å². The van der Waals surface area contributed by atoms with Crippen LogP contribution in [0.25, 0.3) is 0 Å². The van der Waals surface area contributed by atoms with E-state index in [-0.39, 0.29) is 42.0 Å². The Hall–Kier alpha value is -3.17. The Bertz CT molecular complexity index is 1060. The van der Waals surface area contributed by atoms with Crippen molar-refractivity contribution in [1.29, 1.82) is 0 Å². The average Bonchev–Trinajstić information content (AvgIpc) is 3.24. The molecule has 3 N–H and O–H groups in total. The fourth-order valence-electron chi connectivity index (χ4n) is 6.62. The van der Waals surface area contributed by atoms with Gasteiger partial charge in [0.25, 0.3) is 5.91 Å². The third-order valence-electron chi connectivity index (χ3n) is 8.97. The van der Waals surface area contributed by atoms with Gasteiger partial charge in [-0.25, -0.2) is 4.79 Å². The van der Waals surface area contributed by atoms with E-state index in [1.807, 2.05) is 0 Å². The van der Waals surface area contributed by atoms with E-state index in [9.17, 15) is 24.0 Å². The predicted octanol–water partition coefficient (Wildman–Crippen LogP) is 3.66. The van der Waals surface area contributed by atoms with Crippen LogP contribution in [-0.4, -0.2) is 71.3 Å². The van der Waals surface area contributed by atoms with Crippen LogP contribution in [0.1, 0.15) is 86.0 Å². The minimum Gasteiger partial charge on any atom is -0.444 e. The number of nitrogens with zero attached hydrogens (tertiary/aromatic N) is 1. The van der Waals surface area contributed by atoms with Crippen LogP contribution in [0.4, 0.5) is 4.79 Å². The smallest absolute Gasteiger partial charge is 0.408 e. The number of Topliss-reactive ketones (excluding diaryl/α,β-unsaturated/α-hetero) is 1. The van der Waals surface area contributed by atoms with Crippen molar-refractivity contribution in [2.75, 3.05) is 13.1 Å². The zero-order chi connectivity index (χ0) is 31.2. The molecule has 1 heterocycles. The fourth-order valence-corrected chi connectivity index (χ4v) is 6.62. The molecule has 3 aliphatic rings. The molecule has 5 atom stereocenters. The Morgan fingerprint density at radius 2 is 1.64 bits per heavy atom. The molecule has 0 aromatic rings. The molecule has 1 aliphatic heterocycles. The van der Waals surface area contributed by atoms with Gasteiger partial charge < -0.3 is 25.6 Å². The van der Waals surface area contributed by atoms with Gasteiger partial charge in [-0.05, 0) is 76.0 Å². The van der Waals surface area contributed by atoms with Gasteiger partial charge >= 0.3 is 6.09 Å². The fraction of sp³-hybridized carbons (Fsp3) is 0.719. The first-order valence-corrected chi connectivity index (χ1v) is 15.4. The van der Waals surface area contributed by atoms with Gasteiger partial charge in [-0.1, -0.05) is 45.3 Å². The summed E-state index contributed by atoms with van der Waals surface area (Å²) in [6.07, 6.45) is 8.37. The summed E-state index contributed by atoms with van der Waals surface area (Å²) in [5.41, 5.74) is -0.878. The second-order valence-electron chi connectivity index (χ2n) is 13.5. The molecule has 0 bridgehead atoms. The molecule has 2 saturated carbocycles. The van der Waals surface area contributed by atoms with Gasteiger partial charge in [-0.2, -0.15) is 0 Å². The van der Waals surface area contributed by atoms with Gasteiger partial charge in [0, 0.05) is 13.1 Å². The summed E-state index contributed by atoms with van der Waals surface area (Å²) >= 11 is 0. The molecule has 10 nitrogen and oxygen atoms in total. The van der Waals surface area contributed by atoms with Crippen LogP contribution in [-0.2, 0) is 23.9 Å². The number of allylic oxidation sites excluding steroid dienone is 1. The lowest BCUT2D eigenvalue weighted by Gasteiger charge is -2.37. The van der Waals surface area contributed by atoms with Crippen LogP contribution < -0.4 is 16.0 Å². The van der Waals surface area contributed by atoms with E-state index in [0.717, 1.165) is 32.1 Å². The number of piperidine rings is 1. The number of carbonyl (C=O) groups is 5. The summed E-state index contributed by atoms with van der Waals surface area (Å²) in [5.74, 6) is -2.29. The highest BCUT2D eigenvalue weighted by atomic mass is 16.6. The number of fused-ring (bicyclic) bond motifs is 1. The molecule has 2 aliphatic carbocycles. The Kier molecular flexibility index (Phi) is 11.0. The van der Waals surface area contributed by atoms with Gasteiger partial charge in [-0.3, -0.25) is 19.2 Å². The van der Waals surface area contributed by atoms with E-state index in [1.165, 1.54) is 0 Å². The molecule has 4 amide bonds. The van der Waals surface area contributed by atoms with Crippen molar-refractivity contribution in [3.63, 3.8) is 0 Å². The number of ketones is 1. The molecule has 0 aromatic carbocycles. The number of rotatable bonds is 13. The minimum atomic E-state index is -1.05. The monoisotopic (exact) mass is 586 g/mol. The quantitative estimate of drug-likeness (QED) is 0.171. The number of amides is 4. The SMILES string of the molecule is C=CCCNC(=O)C(=O)[C@H](CCC=C)NC(=O)[C@@H]1[C@@H]2[C@H](CN1C(=O)[C@@H](NC(=O)OC(C)(C)C)C1CCCCC1)C2(C)C. The van der Waals surface area contributed by atoms with E-state index in [2.05, 4.69) is 43.0 Å². The zero-order valence-corrected chi connectivity index (χ0v) is 26.0. The number of alkyl carbamates (subject to hydrolysis) is 1. The van der Waals surface area contributed by atoms with Gasteiger partial charge in [0.15, 0.2) is 0 Å². The van der Waals surface area contributed by atoms with Crippen molar-refractivity contribution in [3.8, 4) is 0 Å². The molecular weight excluding hydrogens is 536 g/mol. The van der Waals surface area contributed by atoms with Crippen LogP contribution in [0.5, 0.6) is 0 Å². The maximum atomic E-state index is 14.2. The summed E-state index contributed by atoms with van der Waals surface area (Å²) in [7, 11) is 0. The summed E-state index contributed by atoms with van der Waals surface area (Å²) in [5, 5.41) is 8.23. The zero-order valence-electron chi connectivity index (χ0n) is 26.0. The van der Waals surface area contributed by atoms with Crippen LogP contribution >= 0.6 is 0 Å². The first-order chi connectivity index (χ1) is 19.7. The Morgan fingerprint density at radius 1 is 1.00 bits per heavy atom. The number of nitrogens with one attached hydrogen (secondary N) is 3. The van der Waals surface area contributed by atoms with Crippen LogP contribution in [0, 0.1) is 23.2 Å². The van der Waals surface area contributed by atoms with Crippen molar-refractivity contribution < 1.29 is 28.7 Å². The molecule has 234 valence electrons. The summed E-state index contributed by atoms with van der Waals surface area (Å²) in [6, 6.07) is -2.68. The summed E-state index contributed by atoms with van der Waals surface area (Å²) in [4.78, 5) is 68.1. The molecule has 42 heavy (non-hydrogen) atoms. The number of likely N-dealkylation sites (tertiary alicyclic amines) is 1. The van der Waals surface area contributed by atoms with Crippen LogP contribution in [0.15, 0.2) is 25.3 Å². The standard InChI is InChI=1S/C32H50N4O6/c1-8-10-17-22(26(37)28(39)33-18-11-9-2)34-27(38)25-23-21(32(23,6)7)19-36(25)29(40)24(20-15-13-12-14-16-20)35-30(41)42-31(3,4)5/h8-9,20-25H,1-2,10-19H2,3-7H3,(H,33,39)(H,34,38)(H,35,41)/t21-,22-,23-,24-,25-/m0/s1. The lowest BCUT2D eigenvalue weighted by molar-refractivity contribution is -0.145. The molecule has 3 fully saturated rings. The summed E-state index contributed by atoms with van der Waals surface area (Å²) in [6.45, 7) is 17.4. The molecule has 0 spiro atoms. The van der Waals surface area contributed by atoms with E-state index in [0.29, 0.717) is 19.4 Å². The van der Waals surface area contributed by atoms with Gasteiger partial charge in [0.05, 0.1) is 6.04 Å². The van der Waals surface area contributed by atoms with Crippen LogP contribution in [0.2, 0.25) is 0 Å². The van der Waals surface area contributed by atoms with E-state index in [1.54, 1.807) is 37.8 Å². The number of hydrogen-bond donors (Lipinski definition) is 3. The normalized spacial score (nSPS) is 24.4. The Labute approximate surface area is 250 Å². The predicted molar refractivity (Wildman–Crippen MR) is 160 cm³/mol. The first kappa shape index (κ1) is 33.3. The lowest BCUT2D eigenvalue weighted by Crippen LogP contribution is -2.59. The van der Waals surface area contributed by atoms with E-state index >= 15 is 0 Å². The van der Waals surface area contributed by atoms with Crippen molar-refractivity contribution in [3.05, 3.63) is 25.3 Å². The second-order valence-corrected chi connectivity index (χ2v) is 13.5. The minimum absolute atomic E-state index is 0.0615. The van der Waals surface area contributed by atoms with Crippen molar-refractivity contribution in [2.24, 2.45) is 23.2 Å². The number of carbonyl (C=O) groups excluding carboxylic acids is 5. The van der Waals surface area contributed by atoms with Gasteiger partial charge in [0.2, 0.25) is 17.6 Å². The Morgan fingerprint density at radius 3 is 2.24 bits per heavy atom. The van der Waals surface area contributed by atoms with Crippen LogP contribution in [0.3, 0.4) is 0 Å². The third-order valence-corrected chi connectivity index (χ3v) is 8.97. The van der Waals surface area contributed by atoms with Gasteiger partial charge in [0.1, 0.15) is 17.7 Å². The van der Waals surface area contributed by atoms with Crippen molar-refractivity contribution >= 4 is 29.6 Å². The Balaban J connectivity index is 1.83. The van der Waals surface area contributed by atoms with Crippen molar-refractivity contribution in [2.45, 2.75) is 110 Å². The molecule has 1 saturated heterocycles. The highest BCUT2D eigenvalue weighted by Gasteiger charge is 2.69. The number of ether oxygens (including phenoxy) is 1. The highest BCUT2D eigenvalue weighted by molar-refractivity contribution is 6.38. The second kappa shape index (κ2) is 13.9. The average molecular weight is 587 g/mol. The molecule has 0 radical (unpaired) electrons. The third kappa shape index (κ3) is 8.01. The van der Waals surface area contributed by atoms with E-state index < -0.39 is 47.4 Å². The maximum Gasteiger partial charge on any atom is 0.408 e. The first-order valence-electron chi connectivity index (χ1n) is 15.4. The molecule has 10 heteroatoms. The highest BCUT2D eigenvalue weighted by Crippen LogP contribution is 2.65. The largest absolute Gasteiger partial charge is 0.444 e. The lowest BCUT2D eigenvalue weighted by atomic mass is 9.83. The van der Waals surface area contributed by atoms with E-state index in [4.69, 9.17) is 4.74 Å².